The first kappa shape index (κ1) is 19.0. The molecule has 2 aromatic carbocycles. The Balaban J connectivity index is 1.76. The molecule has 0 spiro atoms. The molecule has 3 aromatic rings. The molecule has 1 atom stereocenters. The summed E-state index contributed by atoms with van der Waals surface area (Å²) in [6.07, 6.45) is 0. The molecule has 0 aliphatic heterocycles. The van der Waals surface area contributed by atoms with E-state index in [-0.39, 0.29) is 18.5 Å². The Morgan fingerprint density at radius 1 is 1.11 bits per heavy atom. The molecule has 0 aliphatic carbocycles. The lowest BCUT2D eigenvalue weighted by Gasteiger charge is -2.23. The van der Waals surface area contributed by atoms with Crippen molar-refractivity contribution in [2.24, 2.45) is 0 Å². The summed E-state index contributed by atoms with van der Waals surface area (Å²) in [6, 6.07) is 19.9. The molecule has 1 N–H and O–H groups in total. The molecule has 0 saturated carbocycles. The van der Waals surface area contributed by atoms with Gasteiger partial charge >= 0.3 is 0 Å². The van der Waals surface area contributed by atoms with Gasteiger partial charge in [-0.05, 0) is 36.1 Å². The zero-order valence-electron chi connectivity index (χ0n) is 15.8. The molecule has 140 valence electrons. The minimum absolute atomic E-state index is 0.0395. The van der Waals surface area contributed by atoms with Crippen LogP contribution in [0, 0.1) is 6.92 Å². The Kier molecular flexibility index (Phi) is 6.14. The molecule has 0 bridgehead atoms. The smallest absolute Gasteiger partial charge is 0.240 e. The molecule has 0 aliphatic rings. The lowest BCUT2D eigenvalue weighted by Crippen LogP contribution is -2.37. The summed E-state index contributed by atoms with van der Waals surface area (Å²) >= 11 is 1.65. The number of aryl methyl sites for hydroxylation is 1. The molecular formula is C22H24N2O2S. The summed E-state index contributed by atoms with van der Waals surface area (Å²) < 4.78 is 5.40. The van der Waals surface area contributed by atoms with Crippen molar-refractivity contribution in [3.63, 3.8) is 0 Å². The van der Waals surface area contributed by atoms with Crippen molar-refractivity contribution < 1.29 is 9.53 Å². The average molecular weight is 381 g/mol. The number of anilines is 1. The predicted octanol–water partition coefficient (Wildman–Crippen LogP) is 4.41. The molecule has 5 heteroatoms. The van der Waals surface area contributed by atoms with Crippen LogP contribution in [0.4, 0.5) is 5.69 Å². The number of thiophene rings is 1. The van der Waals surface area contributed by atoms with Crippen molar-refractivity contribution >= 4 is 22.9 Å². The molecule has 4 nitrogen and oxygen atoms in total. The largest absolute Gasteiger partial charge is 0.495 e. The van der Waals surface area contributed by atoms with Gasteiger partial charge in [0.25, 0.3) is 0 Å². The number of nitrogens with one attached hydrogen (secondary N) is 1. The number of para-hydroxylation sites is 2. The van der Waals surface area contributed by atoms with Crippen LogP contribution < -0.4 is 15.0 Å². The number of benzene rings is 2. The Bertz CT molecular complexity index is 876. The van der Waals surface area contributed by atoms with E-state index < -0.39 is 0 Å². The van der Waals surface area contributed by atoms with Gasteiger partial charge < -0.3 is 15.0 Å². The van der Waals surface area contributed by atoms with E-state index in [2.05, 4.69) is 42.6 Å². The molecule has 0 saturated heterocycles. The topological polar surface area (TPSA) is 41.6 Å². The third-order valence-corrected chi connectivity index (χ3v) is 5.36. The van der Waals surface area contributed by atoms with Crippen LogP contribution in [0.3, 0.4) is 0 Å². The standard InChI is InChI=1S/C22H24N2O2S/c1-16-10-12-17(13-11-16)22(20-9-6-14-27-20)23-21(25)15-24(2)18-7-4-5-8-19(18)26-3/h4-14,22H,15H2,1-3H3,(H,23,25). The van der Waals surface area contributed by atoms with Crippen LogP contribution in [0.2, 0.25) is 0 Å². The number of likely N-dealkylation sites (N-methyl/N-ethyl adjacent to an activating group) is 1. The van der Waals surface area contributed by atoms with Gasteiger partial charge in [-0.25, -0.2) is 0 Å². The Labute approximate surface area is 164 Å². The lowest BCUT2D eigenvalue weighted by atomic mass is 10.0. The maximum atomic E-state index is 12.8. The fourth-order valence-corrected chi connectivity index (χ4v) is 3.79. The summed E-state index contributed by atoms with van der Waals surface area (Å²) in [7, 11) is 3.53. The first-order valence-corrected chi connectivity index (χ1v) is 9.70. The number of carbonyl (C=O) groups is 1. The molecular weight excluding hydrogens is 356 g/mol. The van der Waals surface area contributed by atoms with E-state index >= 15 is 0 Å². The number of amides is 1. The van der Waals surface area contributed by atoms with Crippen LogP contribution in [0.5, 0.6) is 5.75 Å². The van der Waals surface area contributed by atoms with Crippen molar-refractivity contribution in [1.29, 1.82) is 0 Å². The first-order chi connectivity index (χ1) is 13.1. The molecule has 3 rings (SSSR count). The fraction of sp³-hybridized carbons (Fsp3) is 0.227. The van der Waals surface area contributed by atoms with Crippen molar-refractivity contribution in [3.05, 3.63) is 82.0 Å². The van der Waals surface area contributed by atoms with Gasteiger partial charge in [-0.1, -0.05) is 48.0 Å². The number of hydrogen-bond acceptors (Lipinski definition) is 4. The minimum atomic E-state index is -0.149. The van der Waals surface area contributed by atoms with Crippen LogP contribution in [0.15, 0.2) is 66.0 Å². The molecule has 27 heavy (non-hydrogen) atoms. The Hall–Kier alpha value is -2.79. The predicted molar refractivity (Wildman–Crippen MR) is 112 cm³/mol. The number of methoxy groups -OCH3 is 1. The third-order valence-electron chi connectivity index (χ3n) is 4.42. The second-order valence-corrected chi connectivity index (χ2v) is 7.43. The number of ether oxygens (including phenoxy) is 1. The summed E-state index contributed by atoms with van der Waals surface area (Å²) in [5, 5.41) is 5.21. The quantitative estimate of drug-likeness (QED) is 0.660. The Morgan fingerprint density at radius 3 is 2.52 bits per heavy atom. The van der Waals surface area contributed by atoms with Crippen molar-refractivity contribution in [3.8, 4) is 5.75 Å². The summed E-state index contributed by atoms with van der Waals surface area (Å²) in [5.74, 6) is 0.712. The zero-order valence-corrected chi connectivity index (χ0v) is 16.6. The summed E-state index contributed by atoms with van der Waals surface area (Å²) in [6.45, 7) is 2.30. The minimum Gasteiger partial charge on any atom is -0.495 e. The number of rotatable bonds is 7. The highest BCUT2D eigenvalue weighted by Crippen LogP contribution is 2.28. The fourth-order valence-electron chi connectivity index (χ4n) is 2.99. The monoisotopic (exact) mass is 380 g/mol. The highest BCUT2D eigenvalue weighted by Gasteiger charge is 2.19. The van der Waals surface area contributed by atoms with E-state index in [1.54, 1.807) is 18.4 Å². The molecule has 0 radical (unpaired) electrons. The van der Waals surface area contributed by atoms with Gasteiger partial charge in [0.1, 0.15) is 5.75 Å². The van der Waals surface area contributed by atoms with Gasteiger partial charge in [0, 0.05) is 11.9 Å². The van der Waals surface area contributed by atoms with Crippen LogP contribution >= 0.6 is 11.3 Å². The molecule has 1 heterocycles. The van der Waals surface area contributed by atoms with Crippen LogP contribution in [-0.2, 0) is 4.79 Å². The van der Waals surface area contributed by atoms with E-state index in [1.807, 2.05) is 47.7 Å². The lowest BCUT2D eigenvalue weighted by molar-refractivity contribution is -0.120. The van der Waals surface area contributed by atoms with Gasteiger partial charge in [-0.3, -0.25) is 4.79 Å². The maximum Gasteiger partial charge on any atom is 0.240 e. The van der Waals surface area contributed by atoms with Crippen molar-refractivity contribution in [2.75, 3.05) is 25.6 Å². The zero-order chi connectivity index (χ0) is 19.2. The summed E-state index contributed by atoms with van der Waals surface area (Å²) in [4.78, 5) is 15.8. The molecule has 0 fully saturated rings. The summed E-state index contributed by atoms with van der Waals surface area (Å²) in [5.41, 5.74) is 3.17. The number of hydrogen-bond donors (Lipinski definition) is 1. The van der Waals surface area contributed by atoms with Crippen molar-refractivity contribution in [2.45, 2.75) is 13.0 Å². The third kappa shape index (κ3) is 4.68. The molecule has 1 aromatic heterocycles. The van der Waals surface area contributed by atoms with Crippen LogP contribution in [0.25, 0.3) is 0 Å². The van der Waals surface area contributed by atoms with Gasteiger partial charge in [0.05, 0.1) is 25.4 Å². The maximum absolute atomic E-state index is 12.8. The molecule has 1 amide bonds. The van der Waals surface area contributed by atoms with Gasteiger partial charge in [-0.15, -0.1) is 11.3 Å². The highest BCUT2D eigenvalue weighted by atomic mass is 32.1. The molecule has 1 unspecified atom stereocenters. The van der Waals surface area contributed by atoms with Crippen LogP contribution in [-0.4, -0.2) is 26.6 Å². The van der Waals surface area contributed by atoms with E-state index in [9.17, 15) is 4.79 Å². The number of carbonyl (C=O) groups excluding carboxylic acids is 1. The van der Waals surface area contributed by atoms with Crippen LogP contribution in [0.1, 0.15) is 22.0 Å². The second-order valence-electron chi connectivity index (χ2n) is 6.45. The first-order valence-electron chi connectivity index (χ1n) is 8.82. The van der Waals surface area contributed by atoms with Gasteiger partial charge in [-0.2, -0.15) is 0 Å². The number of nitrogens with zero attached hydrogens (tertiary/aromatic N) is 1. The van der Waals surface area contributed by atoms with Gasteiger partial charge in [0.2, 0.25) is 5.91 Å². The van der Waals surface area contributed by atoms with E-state index in [0.717, 1.165) is 21.9 Å². The highest BCUT2D eigenvalue weighted by molar-refractivity contribution is 7.10. The second kappa shape index (κ2) is 8.73. The average Bonchev–Trinajstić information content (AvgIpc) is 3.21. The van der Waals surface area contributed by atoms with Crippen molar-refractivity contribution in [1.82, 2.24) is 5.32 Å². The van der Waals surface area contributed by atoms with Gasteiger partial charge in [0.15, 0.2) is 0 Å². The van der Waals surface area contributed by atoms with E-state index in [1.165, 1.54) is 5.56 Å². The Morgan fingerprint density at radius 2 is 1.85 bits per heavy atom. The van der Waals surface area contributed by atoms with E-state index in [4.69, 9.17) is 4.74 Å². The van der Waals surface area contributed by atoms with E-state index in [0.29, 0.717) is 0 Å². The SMILES string of the molecule is COc1ccccc1N(C)CC(=O)NC(c1ccc(C)cc1)c1cccs1. The normalized spacial score (nSPS) is 11.7.